The molecule has 1 fully saturated rings. The molecule has 6 heterocycles. The van der Waals surface area contributed by atoms with E-state index in [1.54, 1.807) is 49.0 Å². The van der Waals surface area contributed by atoms with Crippen molar-refractivity contribution in [3.63, 3.8) is 0 Å². The summed E-state index contributed by atoms with van der Waals surface area (Å²) in [7, 11) is 0. The lowest BCUT2D eigenvalue weighted by Crippen LogP contribution is -2.48. The Bertz CT molecular complexity index is 1580. The summed E-state index contributed by atoms with van der Waals surface area (Å²) in [6, 6.07) is 7.37. The number of thiazole rings is 1. The van der Waals surface area contributed by atoms with Gasteiger partial charge in [0.15, 0.2) is 5.13 Å². The number of carbonyl (C=O) groups is 1. The van der Waals surface area contributed by atoms with E-state index in [9.17, 15) is 9.59 Å². The van der Waals surface area contributed by atoms with E-state index >= 15 is 0 Å². The average molecular weight is 488 g/mol. The van der Waals surface area contributed by atoms with Gasteiger partial charge in [-0.3, -0.25) is 19.6 Å². The van der Waals surface area contributed by atoms with E-state index in [-0.39, 0.29) is 17.4 Å². The highest BCUT2D eigenvalue weighted by Crippen LogP contribution is 2.31. The summed E-state index contributed by atoms with van der Waals surface area (Å²) in [5, 5.41) is 9.68. The first kappa shape index (κ1) is 21.2. The number of carbonyl (C=O) groups excluding carboxylic acids is 1. The van der Waals surface area contributed by atoms with Crippen LogP contribution in [0.5, 0.6) is 0 Å². The summed E-state index contributed by atoms with van der Waals surface area (Å²) in [5.41, 5.74) is 2.38. The highest BCUT2D eigenvalue weighted by Gasteiger charge is 2.27. The third-order valence-electron chi connectivity index (χ3n) is 6.13. The molecule has 1 saturated heterocycles. The lowest BCUT2D eigenvalue weighted by molar-refractivity contribution is 0.0746. The minimum atomic E-state index is -0.270. The molecule has 0 radical (unpaired) electrons. The van der Waals surface area contributed by atoms with Gasteiger partial charge >= 0.3 is 0 Å². The van der Waals surface area contributed by atoms with Crippen LogP contribution in [-0.4, -0.2) is 71.3 Å². The Balaban J connectivity index is 1.16. The number of piperazine rings is 1. The van der Waals surface area contributed by atoms with Crippen molar-refractivity contribution in [2.45, 2.75) is 6.92 Å². The van der Waals surface area contributed by atoms with E-state index in [4.69, 9.17) is 0 Å². The van der Waals surface area contributed by atoms with Crippen LogP contribution in [0.25, 0.3) is 21.9 Å². The lowest BCUT2D eigenvalue weighted by atomic mass is 10.2. The number of aromatic amines is 1. The molecular formula is C23H21N9O2S. The van der Waals surface area contributed by atoms with Gasteiger partial charge in [-0.2, -0.15) is 5.10 Å². The van der Waals surface area contributed by atoms with Crippen molar-refractivity contribution in [3.8, 4) is 16.4 Å². The van der Waals surface area contributed by atoms with E-state index in [1.807, 2.05) is 23.2 Å². The number of nitrogens with one attached hydrogen (secondary N) is 1. The van der Waals surface area contributed by atoms with Crippen LogP contribution in [0.2, 0.25) is 0 Å². The van der Waals surface area contributed by atoms with E-state index < -0.39 is 0 Å². The van der Waals surface area contributed by atoms with E-state index in [0.717, 1.165) is 15.6 Å². The molecule has 5 aromatic rings. The Kier molecular flexibility index (Phi) is 5.14. The van der Waals surface area contributed by atoms with Crippen LogP contribution in [0.3, 0.4) is 0 Å². The van der Waals surface area contributed by atoms with Crippen LogP contribution in [0.4, 0.5) is 5.13 Å². The maximum absolute atomic E-state index is 13.3. The molecule has 0 bridgehead atoms. The second kappa shape index (κ2) is 8.47. The van der Waals surface area contributed by atoms with Crippen molar-refractivity contribution >= 4 is 27.9 Å². The van der Waals surface area contributed by atoms with E-state index in [1.165, 1.54) is 15.4 Å². The Morgan fingerprint density at radius 1 is 1.09 bits per heavy atom. The third kappa shape index (κ3) is 3.77. The van der Waals surface area contributed by atoms with Crippen LogP contribution >= 0.6 is 11.3 Å². The van der Waals surface area contributed by atoms with Crippen molar-refractivity contribution in [3.05, 3.63) is 76.9 Å². The summed E-state index contributed by atoms with van der Waals surface area (Å²) in [4.78, 5) is 42.1. The molecule has 176 valence electrons. The summed E-state index contributed by atoms with van der Waals surface area (Å²) in [6.07, 6.45) is 8.66. The minimum absolute atomic E-state index is 0.0885. The highest BCUT2D eigenvalue weighted by molar-refractivity contribution is 7.18. The third-order valence-corrected chi connectivity index (χ3v) is 7.23. The van der Waals surface area contributed by atoms with Gasteiger partial charge in [0.25, 0.3) is 11.5 Å². The Morgan fingerprint density at radius 3 is 2.69 bits per heavy atom. The fourth-order valence-electron chi connectivity index (χ4n) is 4.19. The number of hydrogen-bond donors (Lipinski definition) is 1. The van der Waals surface area contributed by atoms with E-state index in [2.05, 4.69) is 30.0 Å². The maximum Gasteiger partial charge on any atom is 0.276 e. The predicted molar refractivity (Wildman–Crippen MR) is 131 cm³/mol. The smallest absolute Gasteiger partial charge is 0.276 e. The molecule has 0 unspecified atom stereocenters. The van der Waals surface area contributed by atoms with Crippen LogP contribution in [0, 0.1) is 6.92 Å². The molecule has 35 heavy (non-hydrogen) atoms. The molecule has 0 aromatic carbocycles. The first-order valence-electron chi connectivity index (χ1n) is 11.1. The number of anilines is 1. The summed E-state index contributed by atoms with van der Waals surface area (Å²) in [6.45, 7) is 4.35. The number of rotatable bonds is 4. The zero-order chi connectivity index (χ0) is 23.9. The predicted octanol–water partition coefficient (Wildman–Crippen LogP) is 2.00. The van der Waals surface area contributed by atoms with Crippen molar-refractivity contribution in [2.24, 2.45) is 0 Å². The number of aromatic nitrogens is 7. The van der Waals surface area contributed by atoms with Crippen LogP contribution in [-0.2, 0) is 0 Å². The first-order chi connectivity index (χ1) is 17.1. The normalized spacial score (nSPS) is 14.1. The Hall–Kier alpha value is -4.32. The fraction of sp³-hybridized carbons (Fsp3) is 0.217. The molecule has 6 rings (SSSR count). The van der Waals surface area contributed by atoms with Crippen molar-refractivity contribution in [2.75, 3.05) is 31.1 Å². The average Bonchev–Trinajstić information content (AvgIpc) is 3.64. The zero-order valence-corrected chi connectivity index (χ0v) is 19.6. The fourth-order valence-corrected chi connectivity index (χ4v) is 5.17. The van der Waals surface area contributed by atoms with Gasteiger partial charge in [-0.15, -0.1) is 5.10 Å². The molecule has 1 aliphatic rings. The molecule has 12 heteroatoms. The molecule has 5 aromatic heterocycles. The van der Waals surface area contributed by atoms with Gasteiger partial charge in [0.1, 0.15) is 5.52 Å². The summed E-state index contributed by atoms with van der Waals surface area (Å²) < 4.78 is 2.98. The van der Waals surface area contributed by atoms with Gasteiger partial charge in [-0.1, -0.05) is 11.3 Å². The van der Waals surface area contributed by atoms with Crippen LogP contribution in [0.1, 0.15) is 16.1 Å². The topological polar surface area (TPSA) is 117 Å². The standard InChI is InChI=1S/C23H21N9O2S/c1-15-17(13-26-32(15)22-27-20(33)18-3-2-8-31(18)28-22)21(34)29-9-11-30(12-10-29)23-25-14-19(35-23)16-4-6-24-7-5-16/h2-8,13-14H,9-12H2,1H3,(H,27,28,33). The molecule has 0 spiro atoms. The molecule has 11 nitrogen and oxygen atoms in total. The summed E-state index contributed by atoms with van der Waals surface area (Å²) >= 11 is 1.64. The Morgan fingerprint density at radius 2 is 1.89 bits per heavy atom. The summed E-state index contributed by atoms with van der Waals surface area (Å²) in [5.74, 6) is 0.170. The number of pyridine rings is 1. The SMILES string of the molecule is Cc1c(C(=O)N2CCN(c3ncc(-c4ccncc4)s3)CC2)cnn1-c1nn2cccc2c(=O)[nH]1. The van der Waals surface area contributed by atoms with Gasteiger partial charge in [-0.25, -0.2) is 14.2 Å². The number of hydrogen-bond acceptors (Lipinski definition) is 8. The molecule has 1 aliphatic heterocycles. The second-order valence-electron chi connectivity index (χ2n) is 8.19. The largest absolute Gasteiger partial charge is 0.345 e. The van der Waals surface area contributed by atoms with Crippen LogP contribution in [0.15, 0.2) is 60.0 Å². The number of H-pyrrole nitrogens is 1. The molecule has 1 N–H and O–H groups in total. The lowest BCUT2D eigenvalue weighted by Gasteiger charge is -2.34. The van der Waals surface area contributed by atoms with Crippen molar-refractivity contribution in [1.82, 2.24) is 39.2 Å². The zero-order valence-electron chi connectivity index (χ0n) is 18.8. The number of amides is 1. The van der Waals surface area contributed by atoms with Gasteiger partial charge in [0.2, 0.25) is 5.95 Å². The van der Waals surface area contributed by atoms with Crippen molar-refractivity contribution in [1.29, 1.82) is 0 Å². The van der Waals surface area contributed by atoms with Gasteiger partial charge in [0, 0.05) is 51.0 Å². The highest BCUT2D eigenvalue weighted by atomic mass is 32.1. The molecule has 1 amide bonds. The molecular weight excluding hydrogens is 466 g/mol. The molecule has 0 atom stereocenters. The maximum atomic E-state index is 13.3. The first-order valence-corrected chi connectivity index (χ1v) is 11.9. The monoisotopic (exact) mass is 487 g/mol. The second-order valence-corrected chi connectivity index (χ2v) is 9.20. The van der Waals surface area contributed by atoms with Crippen LogP contribution < -0.4 is 10.5 Å². The molecule has 0 saturated carbocycles. The molecule has 0 aliphatic carbocycles. The van der Waals surface area contributed by atoms with Gasteiger partial charge < -0.3 is 9.80 Å². The van der Waals surface area contributed by atoms with E-state index in [0.29, 0.717) is 43.0 Å². The number of fused-ring (bicyclic) bond motifs is 1. The minimum Gasteiger partial charge on any atom is -0.345 e. The van der Waals surface area contributed by atoms with Gasteiger partial charge in [0.05, 0.1) is 22.3 Å². The van der Waals surface area contributed by atoms with Gasteiger partial charge in [-0.05, 0) is 36.8 Å². The quantitative estimate of drug-likeness (QED) is 0.412. The Labute approximate surface area is 203 Å². The number of nitrogens with zero attached hydrogens (tertiary/aromatic N) is 8. The van der Waals surface area contributed by atoms with Crippen molar-refractivity contribution < 1.29 is 4.79 Å².